The smallest absolute Gasteiger partial charge is 0.313 e. The Bertz CT molecular complexity index is 152. The molecular formula is C7H10F3N. The van der Waals surface area contributed by atoms with E-state index in [1.54, 1.807) is 0 Å². The number of nitrogens with one attached hydrogen (secondary N) is 1. The van der Waals surface area contributed by atoms with E-state index < -0.39 is 12.6 Å². The summed E-state index contributed by atoms with van der Waals surface area (Å²) in [7, 11) is 0. The SMILES string of the molecule is FC(F)(F)C/C=C1/CCNC1. The lowest BCUT2D eigenvalue weighted by Crippen LogP contribution is -2.06. The molecule has 1 nitrogen and oxygen atoms in total. The number of hydrogen-bond donors (Lipinski definition) is 1. The van der Waals surface area contributed by atoms with Crippen LogP contribution in [0, 0.1) is 0 Å². The Morgan fingerprint density at radius 1 is 1.45 bits per heavy atom. The van der Waals surface area contributed by atoms with Gasteiger partial charge in [-0.3, -0.25) is 0 Å². The quantitative estimate of drug-likeness (QED) is 0.585. The molecule has 1 aliphatic heterocycles. The van der Waals surface area contributed by atoms with E-state index in [1.165, 1.54) is 6.08 Å². The first-order valence-corrected chi connectivity index (χ1v) is 3.53. The van der Waals surface area contributed by atoms with Gasteiger partial charge in [-0.05, 0) is 13.0 Å². The molecule has 0 spiro atoms. The zero-order valence-electron chi connectivity index (χ0n) is 6.04. The summed E-state index contributed by atoms with van der Waals surface area (Å²) in [6.07, 6.45) is -2.80. The normalized spacial score (nSPS) is 23.0. The van der Waals surface area contributed by atoms with Gasteiger partial charge in [-0.1, -0.05) is 11.6 Å². The number of alkyl halides is 3. The van der Waals surface area contributed by atoms with Crippen molar-refractivity contribution in [3.63, 3.8) is 0 Å². The third kappa shape index (κ3) is 3.41. The van der Waals surface area contributed by atoms with Crippen molar-refractivity contribution >= 4 is 0 Å². The Kier molecular flexibility index (Phi) is 2.54. The molecule has 64 valence electrons. The average Bonchev–Trinajstić information content (AvgIpc) is 2.32. The fourth-order valence-electron chi connectivity index (χ4n) is 1.02. The maximum absolute atomic E-state index is 11.6. The molecule has 0 saturated carbocycles. The van der Waals surface area contributed by atoms with Crippen molar-refractivity contribution < 1.29 is 13.2 Å². The third-order valence-corrected chi connectivity index (χ3v) is 1.60. The largest absolute Gasteiger partial charge is 0.392 e. The lowest BCUT2D eigenvalue weighted by Gasteiger charge is -2.01. The van der Waals surface area contributed by atoms with Crippen molar-refractivity contribution in [1.82, 2.24) is 5.32 Å². The average molecular weight is 165 g/mol. The van der Waals surface area contributed by atoms with Gasteiger partial charge in [0.05, 0.1) is 6.42 Å². The fraction of sp³-hybridized carbons (Fsp3) is 0.714. The summed E-state index contributed by atoms with van der Waals surface area (Å²) in [5, 5.41) is 2.97. The predicted molar refractivity (Wildman–Crippen MR) is 36.2 cm³/mol. The standard InChI is InChI=1S/C7H10F3N/c8-7(9,10)3-1-6-2-4-11-5-6/h1,11H,2-5H2/b6-1-. The summed E-state index contributed by atoms with van der Waals surface area (Å²) in [5.74, 6) is 0. The van der Waals surface area contributed by atoms with Gasteiger partial charge in [0.25, 0.3) is 0 Å². The molecule has 0 aromatic carbocycles. The molecule has 1 heterocycles. The molecule has 1 N–H and O–H groups in total. The molecular weight excluding hydrogens is 155 g/mol. The van der Waals surface area contributed by atoms with Crippen LogP contribution in [-0.4, -0.2) is 19.3 Å². The van der Waals surface area contributed by atoms with Crippen LogP contribution in [0.1, 0.15) is 12.8 Å². The molecule has 1 fully saturated rings. The molecule has 0 radical (unpaired) electrons. The molecule has 0 atom stereocenters. The van der Waals surface area contributed by atoms with Crippen molar-refractivity contribution in [3.8, 4) is 0 Å². The highest BCUT2D eigenvalue weighted by molar-refractivity contribution is 5.09. The van der Waals surface area contributed by atoms with Crippen LogP contribution in [0.15, 0.2) is 11.6 Å². The number of halogens is 3. The molecule has 0 amide bonds. The van der Waals surface area contributed by atoms with Gasteiger partial charge in [-0.2, -0.15) is 13.2 Å². The summed E-state index contributed by atoms with van der Waals surface area (Å²) in [5.41, 5.74) is 0.877. The molecule has 0 bridgehead atoms. The van der Waals surface area contributed by atoms with E-state index in [4.69, 9.17) is 0 Å². The van der Waals surface area contributed by atoms with E-state index >= 15 is 0 Å². The van der Waals surface area contributed by atoms with Gasteiger partial charge in [0, 0.05) is 6.54 Å². The van der Waals surface area contributed by atoms with Gasteiger partial charge in [0.2, 0.25) is 0 Å². The number of hydrogen-bond acceptors (Lipinski definition) is 1. The molecule has 1 aliphatic rings. The molecule has 0 aromatic heterocycles. The second kappa shape index (κ2) is 3.26. The van der Waals surface area contributed by atoms with Crippen LogP contribution in [-0.2, 0) is 0 Å². The van der Waals surface area contributed by atoms with Crippen LogP contribution in [0.2, 0.25) is 0 Å². The molecule has 1 rings (SSSR count). The predicted octanol–water partition coefficient (Wildman–Crippen LogP) is 1.86. The third-order valence-electron chi connectivity index (χ3n) is 1.60. The minimum atomic E-state index is -4.05. The highest BCUT2D eigenvalue weighted by atomic mass is 19.4. The van der Waals surface area contributed by atoms with Crippen molar-refractivity contribution in [2.24, 2.45) is 0 Å². The highest BCUT2D eigenvalue weighted by Crippen LogP contribution is 2.21. The number of allylic oxidation sites excluding steroid dienone is 1. The summed E-state index contributed by atoms with van der Waals surface area (Å²) >= 11 is 0. The second-order valence-electron chi connectivity index (χ2n) is 2.61. The van der Waals surface area contributed by atoms with Gasteiger partial charge >= 0.3 is 6.18 Å². The molecule has 0 aromatic rings. The van der Waals surface area contributed by atoms with Crippen LogP contribution < -0.4 is 5.32 Å². The minimum Gasteiger partial charge on any atom is -0.313 e. The molecule has 4 heteroatoms. The highest BCUT2D eigenvalue weighted by Gasteiger charge is 2.25. The van der Waals surface area contributed by atoms with E-state index in [-0.39, 0.29) is 0 Å². The monoisotopic (exact) mass is 165 g/mol. The van der Waals surface area contributed by atoms with Gasteiger partial charge < -0.3 is 5.32 Å². The Hall–Kier alpha value is -0.510. The van der Waals surface area contributed by atoms with Crippen LogP contribution in [0.25, 0.3) is 0 Å². The van der Waals surface area contributed by atoms with Crippen LogP contribution in [0.3, 0.4) is 0 Å². The molecule has 0 unspecified atom stereocenters. The maximum Gasteiger partial charge on any atom is 0.392 e. The Labute approximate surface area is 63.3 Å². The summed E-state index contributed by atoms with van der Waals surface area (Å²) in [6, 6.07) is 0. The maximum atomic E-state index is 11.6. The van der Waals surface area contributed by atoms with Gasteiger partial charge in [0.15, 0.2) is 0 Å². The molecule has 11 heavy (non-hydrogen) atoms. The zero-order valence-corrected chi connectivity index (χ0v) is 6.04. The van der Waals surface area contributed by atoms with E-state index in [0.29, 0.717) is 6.54 Å². The Morgan fingerprint density at radius 2 is 2.18 bits per heavy atom. The van der Waals surface area contributed by atoms with E-state index in [9.17, 15) is 13.2 Å². The van der Waals surface area contributed by atoms with E-state index in [1.807, 2.05) is 0 Å². The summed E-state index contributed by atoms with van der Waals surface area (Å²) < 4.78 is 34.9. The summed E-state index contributed by atoms with van der Waals surface area (Å²) in [4.78, 5) is 0. The topological polar surface area (TPSA) is 12.0 Å². The van der Waals surface area contributed by atoms with Crippen molar-refractivity contribution in [3.05, 3.63) is 11.6 Å². The van der Waals surface area contributed by atoms with Gasteiger partial charge in [0.1, 0.15) is 0 Å². The van der Waals surface area contributed by atoms with Crippen LogP contribution >= 0.6 is 0 Å². The van der Waals surface area contributed by atoms with Crippen molar-refractivity contribution in [2.45, 2.75) is 19.0 Å². The van der Waals surface area contributed by atoms with Crippen LogP contribution in [0.4, 0.5) is 13.2 Å². The minimum absolute atomic E-state index is 0.621. The molecule has 1 saturated heterocycles. The van der Waals surface area contributed by atoms with Crippen molar-refractivity contribution in [2.75, 3.05) is 13.1 Å². The summed E-state index contributed by atoms with van der Waals surface area (Å²) in [6.45, 7) is 1.43. The first-order valence-electron chi connectivity index (χ1n) is 3.53. The van der Waals surface area contributed by atoms with E-state index in [0.717, 1.165) is 18.5 Å². The lowest BCUT2D eigenvalue weighted by atomic mass is 10.2. The second-order valence-corrected chi connectivity index (χ2v) is 2.61. The van der Waals surface area contributed by atoms with Gasteiger partial charge in [-0.15, -0.1) is 0 Å². The first-order chi connectivity index (χ1) is 5.08. The zero-order chi connectivity index (χ0) is 8.32. The fourth-order valence-corrected chi connectivity index (χ4v) is 1.02. The Balaban J connectivity index is 2.34. The first kappa shape index (κ1) is 8.59. The van der Waals surface area contributed by atoms with Crippen molar-refractivity contribution in [1.29, 1.82) is 0 Å². The lowest BCUT2D eigenvalue weighted by molar-refractivity contribution is -0.125. The van der Waals surface area contributed by atoms with E-state index in [2.05, 4.69) is 5.32 Å². The van der Waals surface area contributed by atoms with Gasteiger partial charge in [-0.25, -0.2) is 0 Å². The molecule has 0 aliphatic carbocycles. The van der Waals surface area contributed by atoms with Crippen LogP contribution in [0.5, 0.6) is 0 Å². The number of rotatable bonds is 1. The Morgan fingerprint density at radius 3 is 2.64 bits per heavy atom.